The molecule has 8 heteroatoms. The summed E-state index contributed by atoms with van der Waals surface area (Å²) < 4.78 is 27.7. The topological polar surface area (TPSA) is 67.2 Å². The first-order valence-corrected chi connectivity index (χ1v) is 8.14. The number of aromatic nitrogens is 2. The molecule has 1 fully saturated rings. The molecule has 0 spiro atoms. The van der Waals surface area contributed by atoms with Crippen LogP contribution in [0.15, 0.2) is 6.20 Å². The maximum atomic E-state index is 13.1. The van der Waals surface area contributed by atoms with Crippen LogP contribution in [-0.2, 0) is 16.1 Å². The molecule has 2 rings (SSSR count). The number of anilines is 1. The minimum atomic E-state index is -2.77. The number of likely N-dealkylation sites (tertiary alicyclic amines) is 1. The van der Waals surface area contributed by atoms with Gasteiger partial charge in [-0.2, -0.15) is 5.10 Å². The molecular formula is C16H24F2N4O2. The van der Waals surface area contributed by atoms with Gasteiger partial charge in [0.25, 0.3) is 6.43 Å². The van der Waals surface area contributed by atoms with Gasteiger partial charge >= 0.3 is 0 Å². The van der Waals surface area contributed by atoms with Gasteiger partial charge in [-0.3, -0.25) is 14.3 Å². The molecule has 0 bridgehead atoms. The second-order valence-electron chi connectivity index (χ2n) is 6.87. The van der Waals surface area contributed by atoms with Gasteiger partial charge in [0.15, 0.2) is 5.69 Å². The molecule has 1 aliphatic rings. The van der Waals surface area contributed by atoms with Crippen molar-refractivity contribution in [2.75, 3.05) is 11.9 Å². The van der Waals surface area contributed by atoms with Crippen molar-refractivity contribution in [2.45, 2.75) is 53.1 Å². The van der Waals surface area contributed by atoms with E-state index in [-0.39, 0.29) is 30.0 Å². The average Bonchev–Trinajstić information content (AvgIpc) is 3.02. The first-order chi connectivity index (χ1) is 11.2. The third-order valence-corrected chi connectivity index (χ3v) is 3.96. The van der Waals surface area contributed by atoms with Crippen LogP contribution in [0.5, 0.6) is 0 Å². The summed E-state index contributed by atoms with van der Waals surface area (Å²) in [5.74, 6) is -0.794. The van der Waals surface area contributed by atoms with Crippen LogP contribution in [0.25, 0.3) is 0 Å². The predicted molar refractivity (Wildman–Crippen MR) is 85.6 cm³/mol. The van der Waals surface area contributed by atoms with Crippen molar-refractivity contribution in [1.82, 2.24) is 14.7 Å². The summed E-state index contributed by atoms with van der Waals surface area (Å²) >= 11 is 0. The fourth-order valence-corrected chi connectivity index (χ4v) is 2.80. The van der Waals surface area contributed by atoms with Crippen LogP contribution >= 0.6 is 0 Å². The minimum Gasteiger partial charge on any atom is -0.339 e. The lowest BCUT2D eigenvalue weighted by atomic mass is 10.1. The first kappa shape index (κ1) is 18.4. The van der Waals surface area contributed by atoms with E-state index in [4.69, 9.17) is 0 Å². The fraction of sp³-hybridized carbons (Fsp3) is 0.688. The van der Waals surface area contributed by atoms with Crippen molar-refractivity contribution >= 4 is 17.5 Å². The molecule has 24 heavy (non-hydrogen) atoms. The Morgan fingerprint density at radius 3 is 2.54 bits per heavy atom. The number of rotatable bonds is 6. The lowest BCUT2D eigenvalue weighted by molar-refractivity contribution is -0.129. The number of amides is 2. The lowest BCUT2D eigenvalue weighted by Crippen LogP contribution is -2.33. The lowest BCUT2D eigenvalue weighted by Gasteiger charge is -2.20. The minimum absolute atomic E-state index is 0.0146. The number of alkyl halides is 2. The van der Waals surface area contributed by atoms with E-state index in [1.807, 2.05) is 27.7 Å². The van der Waals surface area contributed by atoms with E-state index >= 15 is 0 Å². The second kappa shape index (κ2) is 7.27. The summed E-state index contributed by atoms with van der Waals surface area (Å²) in [5, 5.41) is 6.39. The quantitative estimate of drug-likeness (QED) is 0.864. The molecule has 0 unspecified atom stereocenters. The zero-order valence-electron chi connectivity index (χ0n) is 14.4. The van der Waals surface area contributed by atoms with Gasteiger partial charge in [0.05, 0.1) is 11.6 Å². The van der Waals surface area contributed by atoms with Crippen LogP contribution in [0.1, 0.15) is 46.2 Å². The molecule has 1 aliphatic heterocycles. The maximum Gasteiger partial charge on any atom is 0.284 e. The third-order valence-electron chi connectivity index (χ3n) is 3.96. The Morgan fingerprint density at radius 2 is 2.04 bits per heavy atom. The molecule has 1 saturated heterocycles. The maximum absolute atomic E-state index is 13.1. The number of hydrogen-bond acceptors (Lipinski definition) is 3. The smallest absolute Gasteiger partial charge is 0.284 e. The number of carbonyl (C=O) groups excluding carboxylic acids is 2. The standard InChI is InChI=1S/C16H24F2N4O2/c1-9(2)6-21-8-12(14(20-21)15(17)18)19-16(24)11-5-13(23)22(7-11)10(3)4/h8-11,15H,5-7H2,1-4H3,(H,19,24)/t11-/m1/s1. The molecule has 0 aliphatic carbocycles. The Bertz CT molecular complexity index is 613. The van der Waals surface area contributed by atoms with E-state index in [1.54, 1.807) is 4.90 Å². The third kappa shape index (κ3) is 4.10. The van der Waals surface area contributed by atoms with Crippen molar-refractivity contribution in [2.24, 2.45) is 11.8 Å². The Kier molecular flexibility index (Phi) is 5.56. The molecule has 2 amide bonds. The second-order valence-corrected chi connectivity index (χ2v) is 6.87. The summed E-state index contributed by atoms with van der Waals surface area (Å²) in [6.45, 7) is 8.45. The van der Waals surface area contributed by atoms with E-state index in [9.17, 15) is 18.4 Å². The zero-order valence-corrected chi connectivity index (χ0v) is 14.4. The highest BCUT2D eigenvalue weighted by Gasteiger charge is 2.36. The Balaban J connectivity index is 2.11. The van der Waals surface area contributed by atoms with Crippen molar-refractivity contribution in [1.29, 1.82) is 0 Å². The Hall–Kier alpha value is -1.99. The average molecular weight is 342 g/mol. The molecular weight excluding hydrogens is 318 g/mol. The molecule has 0 saturated carbocycles. The fourth-order valence-electron chi connectivity index (χ4n) is 2.80. The van der Waals surface area contributed by atoms with Gasteiger partial charge in [-0.15, -0.1) is 0 Å². The first-order valence-electron chi connectivity index (χ1n) is 8.14. The molecule has 1 atom stereocenters. The van der Waals surface area contributed by atoms with E-state index in [2.05, 4.69) is 10.4 Å². The van der Waals surface area contributed by atoms with Crippen LogP contribution in [0, 0.1) is 11.8 Å². The SMILES string of the molecule is CC(C)Cn1cc(NC(=O)[C@@H]2CC(=O)N(C(C)C)C2)c(C(F)F)n1. The van der Waals surface area contributed by atoms with Crippen LogP contribution in [0.4, 0.5) is 14.5 Å². The highest BCUT2D eigenvalue weighted by atomic mass is 19.3. The van der Waals surface area contributed by atoms with Crippen molar-refractivity contribution in [3.05, 3.63) is 11.9 Å². The van der Waals surface area contributed by atoms with Gasteiger partial charge in [-0.25, -0.2) is 8.78 Å². The zero-order chi connectivity index (χ0) is 18.0. The Labute approximate surface area is 140 Å². The number of nitrogens with one attached hydrogen (secondary N) is 1. The molecule has 0 radical (unpaired) electrons. The summed E-state index contributed by atoms with van der Waals surface area (Å²) in [7, 11) is 0. The number of hydrogen-bond donors (Lipinski definition) is 1. The largest absolute Gasteiger partial charge is 0.339 e. The predicted octanol–water partition coefficient (Wildman–Crippen LogP) is 2.67. The molecule has 1 N–H and O–H groups in total. The van der Waals surface area contributed by atoms with Gasteiger partial charge in [-0.05, 0) is 19.8 Å². The monoisotopic (exact) mass is 342 g/mol. The molecule has 0 aromatic carbocycles. The van der Waals surface area contributed by atoms with Crippen LogP contribution in [-0.4, -0.2) is 39.1 Å². The van der Waals surface area contributed by atoms with Crippen molar-refractivity contribution in [3.8, 4) is 0 Å². The van der Waals surface area contributed by atoms with Gasteiger partial charge in [0.2, 0.25) is 11.8 Å². The highest BCUT2D eigenvalue weighted by Crippen LogP contribution is 2.28. The summed E-state index contributed by atoms with van der Waals surface area (Å²) in [6, 6.07) is 0.0146. The van der Waals surface area contributed by atoms with E-state index in [0.29, 0.717) is 13.1 Å². The number of carbonyl (C=O) groups is 2. The summed E-state index contributed by atoms with van der Waals surface area (Å²) in [4.78, 5) is 25.9. The van der Waals surface area contributed by atoms with Crippen LogP contribution in [0.2, 0.25) is 0 Å². The molecule has 6 nitrogen and oxygen atoms in total. The van der Waals surface area contributed by atoms with E-state index in [1.165, 1.54) is 10.9 Å². The Morgan fingerprint density at radius 1 is 1.38 bits per heavy atom. The van der Waals surface area contributed by atoms with Crippen molar-refractivity contribution in [3.63, 3.8) is 0 Å². The van der Waals surface area contributed by atoms with Gasteiger partial charge in [0.1, 0.15) is 0 Å². The van der Waals surface area contributed by atoms with E-state index < -0.39 is 23.9 Å². The molecule has 134 valence electrons. The van der Waals surface area contributed by atoms with Gasteiger partial charge in [0, 0.05) is 31.7 Å². The van der Waals surface area contributed by atoms with Gasteiger partial charge < -0.3 is 10.2 Å². The number of nitrogens with zero attached hydrogens (tertiary/aromatic N) is 3. The highest BCUT2D eigenvalue weighted by molar-refractivity contribution is 5.97. The number of halogens is 2. The normalized spacial score (nSPS) is 18.3. The van der Waals surface area contributed by atoms with Crippen LogP contribution in [0.3, 0.4) is 0 Å². The van der Waals surface area contributed by atoms with Gasteiger partial charge in [-0.1, -0.05) is 13.8 Å². The summed E-state index contributed by atoms with van der Waals surface area (Å²) in [6.07, 6.45) is -1.24. The summed E-state index contributed by atoms with van der Waals surface area (Å²) in [5.41, 5.74) is -0.417. The molecule has 1 aromatic rings. The molecule has 2 heterocycles. The van der Waals surface area contributed by atoms with Crippen LogP contribution < -0.4 is 5.32 Å². The van der Waals surface area contributed by atoms with Crippen molar-refractivity contribution < 1.29 is 18.4 Å². The van der Waals surface area contributed by atoms with E-state index in [0.717, 1.165) is 0 Å². The molecule has 1 aromatic heterocycles.